The first-order valence-electron chi connectivity index (χ1n) is 8.72. The summed E-state index contributed by atoms with van der Waals surface area (Å²) in [4.78, 5) is 23.7. The Hall–Kier alpha value is -3.22. The molecule has 1 amide bonds. The Kier molecular flexibility index (Phi) is 4.59. The van der Waals surface area contributed by atoms with Gasteiger partial charge in [-0.15, -0.1) is 0 Å². The van der Waals surface area contributed by atoms with E-state index >= 15 is 0 Å². The summed E-state index contributed by atoms with van der Waals surface area (Å²) in [6, 6.07) is 11.4. The molecule has 1 aliphatic heterocycles. The molecule has 0 aliphatic carbocycles. The fourth-order valence-corrected chi connectivity index (χ4v) is 3.18. The lowest BCUT2D eigenvalue weighted by Gasteiger charge is -2.32. The number of hydrogen-bond acceptors (Lipinski definition) is 5. The zero-order valence-corrected chi connectivity index (χ0v) is 14.3. The molecule has 1 N–H and O–H groups in total. The van der Waals surface area contributed by atoms with E-state index in [1.165, 1.54) is 0 Å². The Bertz CT molecular complexity index is 865. The van der Waals surface area contributed by atoms with Gasteiger partial charge < -0.3 is 10.2 Å². The lowest BCUT2D eigenvalue weighted by molar-refractivity contribution is -0.120. The minimum Gasteiger partial charge on any atom is -0.354 e. The van der Waals surface area contributed by atoms with Crippen LogP contribution in [-0.2, 0) is 4.79 Å². The van der Waals surface area contributed by atoms with Crippen LogP contribution in [0.25, 0.3) is 5.82 Å². The van der Waals surface area contributed by atoms with E-state index in [9.17, 15) is 4.79 Å². The molecule has 0 radical (unpaired) electrons. The van der Waals surface area contributed by atoms with E-state index in [-0.39, 0.29) is 11.8 Å². The summed E-state index contributed by atoms with van der Waals surface area (Å²) in [6.45, 7) is 1.50. The topological polar surface area (TPSA) is 75.9 Å². The van der Waals surface area contributed by atoms with E-state index in [0.29, 0.717) is 12.4 Å². The number of piperidine rings is 1. The Morgan fingerprint density at radius 3 is 2.77 bits per heavy atom. The number of carbonyl (C=O) groups is 1. The normalized spacial score (nSPS) is 17.1. The minimum absolute atomic E-state index is 0.0529. The van der Waals surface area contributed by atoms with Gasteiger partial charge in [0, 0.05) is 31.2 Å². The quantitative estimate of drug-likeness (QED) is 0.784. The van der Waals surface area contributed by atoms with Crippen molar-refractivity contribution in [2.24, 2.45) is 5.92 Å². The third kappa shape index (κ3) is 3.56. The van der Waals surface area contributed by atoms with Gasteiger partial charge >= 0.3 is 0 Å². The first-order chi connectivity index (χ1) is 12.8. The molecule has 132 valence electrons. The van der Waals surface area contributed by atoms with Gasteiger partial charge in [-0.1, -0.05) is 18.2 Å². The molecule has 7 heteroatoms. The van der Waals surface area contributed by atoms with Crippen LogP contribution < -0.4 is 10.2 Å². The van der Waals surface area contributed by atoms with Crippen LogP contribution in [-0.4, -0.2) is 38.7 Å². The molecule has 1 aromatic carbocycles. The number of aromatic nitrogens is 4. The standard InChI is InChI=1S/C19H20N6O/c26-19(22-16-7-2-1-3-8-16)15-6-4-10-24(14-15)17-12-20-13-18(23-17)25-11-5-9-21-25/h1-3,5,7-9,11-13,15H,4,6,10,14H2,(H,22,26). The fraction of sp³-hybridized carbons (Fsp3) is 0.263. The maximum absolute atomic E-state index is 12.6. The highest BCUT2D eigenvalue weighted by Crippen LogP contribution is 2.23. The SMILES string of the molecule is O=C(Nc1ccccc1)C1CCCN(c2cncc(-n3cccn3)n2)C1. The van der Waals surface area contributed by atoms with Gasteiger partial charge in [0.15, 0.2) is 5.82 Å². The Balaban J connectivity index is 1.47. The number of carbonyl (C=O) groups excluding carboxylic acids is 1. The van der Waals surface area contributed by atoms with Crippen molar-refractivity contribution in [3.05, 3.63) is 61.2 Å². The molecule has 26 heavy (non-hydrogen) atoms. The molecule has 3 aromatic rings. The highest BCUT2D eigenvalue weighted by Gasteiger charge is 2.27. The van der Waals surface area contributed by atoms with Crippen molar-refractivity contribution in [1.82, 2.24) is 19.7 Å². The monoisotopic (exact) mass is 348 g/mol. The summed E-state index contributed by atoms with van der Waals surface area (Å²) < 4.78 is 1.68. The van der Waals surface area contributed by atoms with Gasteiger partial charge in [0.1, 0.15) is 5.82 Å². The van der Waals surface area contributed by atoms with Gasteiger partial charge in [0.05, 0.1) is 18.3 Å². The summed E-state index contributed by atoms with van der Waals surface area (Å²) in [7, 11) is 0. The van der Waals surface area contributed by atoms with Gasteiger partial charge in [0.25, 0.3) is 0 Å². The molecule has 1 aliphatic rings. The molecule has 4 rings (SSSR count). The molecule has 0 bridgehead atoms. The number of para-hydroxylation sites is 1. The lowest BCUT2D eigenvalue weighted by atomic mass is 9.97. The molecule has 0 saturated carbocycles. The summed E-state index contributed by atoms with van der Waals surface area (Å²) >= 11 is 0. The number of amides is 1. The van der Waals surface area contributed by atoms with Crippen molar-refractivity contribution in [1.29, 1.82) is 0 Å². The number of nitrogens with zero attached hydrogens (tertiary/aromatic N) is 5. The Morgan fingerprint density at radius 2 is 1.96 bits per heavy atom. The van der Waals surface area contributed by atoms with E-state index in [1.54, 1.807) is 23.3 Å². The summed E-state index contributed by atoms with van der Waals surface area (Å²) in [5, 5.41) is 7.20. The van der Waals surface area contributed by atoms with Crippen molar-refractivity contribution in [2.75, 3.05) is 23.3 Å². The van der Waals surface area contributed by atoms with Crippen LogP contribution in [0.5, 0.6) is 0 Å². The first-order valence-corrected chi connectivity index (χ1v) is 8.72. The second-order valence-electron chi connectivity index (χ2n) is 6.33. The third-order valence-corrected chi connectivity index (χ3v) is 4.51. The highest BCUT2D eigenvalue weighted by atomic mass is 16.1. The average Bonchev–Trinajstić information content (AvgIpc) is 3.24. The van der Waals surface area contributed by atoms with Crippen molar-refractivity contribution < 1.29 is 4.79 Å². The molecule has 7 nitrogen and oxygen atoms in total. The molecule has 2 aromatic heterocycles. The summed E-state index contributed by atoms with van der Waals surface area (Å²) in [5.41, 5.74) is 0.829. The number of rotatable bonds is 4. The van der Waals surface area contributed by atoms with Crippen molar-refractivity contribution >= 4 is 17.4 Å². The highest BCUT2D eigenvalue weighted by molar-refractivity contribution is 5.93. The van der Waals surface area contributed by atoms with Crippen LogP contribution in [0.15, 0.2) is 61.2 Å². The van der Waals surface area contributed by atoms with Gasteiger partial charge in [-0.05, 0) is 31.0 Å². The number of hydrogen-bond donors (Lipinski definition) is 1. The average molecular weight is 348 g/mol. The van der Waals surface area contributed by atoms with Crippen LogP contribution in [0, 0.1) is 5.92 Å². The Labute approximate surface area is 151 Å². The van der Waals surface area contributed by atoms with Crippen LogP contribution in [0.3, 0.4) is 0 Å². The molecule has 1 atom stereocenters. The second kappa shape index (κ2) is 7.35. The predicted molar refractivity (Wildman–Crippen MR) is 99.2 cm³/mol. The minimum atomic E-state index is -0.0703. The largest absolute Gasteiger partial charge is 0.354 e. The zero-order valence-electron chi connectivity index (χ0n) is 14.3. The van der Waals surface area contributed by atoms with E-state index in [4.69, 9.17) is 0 Å². The maximum Gasteiger partial charge on any atom is 0.229 e. The van der Waals surface area contributed by atoms with Gasteiger partial charge in [-0.2, -0.15) is 5.10 Å². The van der Waals surface area contributed by atoms with Gasteiger partial charge in [0.2, 0.25) is 5.91 Å². The Morgan fingerprint density at radius 1 is 1.12 bits per heavy atom. The summed E-state index contributed by atoms with van der Waals surface area (Å²) in [6.07, 6.45) is 8.78. The van der Waals surface area contributed by atoms with Crippen molar-refractivity contribution in [3.63, 3.8) is 0 Å². The van der Waals surface area contributed by atoms with Crippen LogP contribution in [0.4, 0.5) is 11.5 Å². The van der Waals surface area contributed by atoms with Gasteiger partial charge in [-0.3, -0.25) is 9.78 Å². The molecular formula is C19H20N6O. The first kappa shape index (κ1) is 16.3. The smallest absolute Gasteiger partial charge is 0.229 e. The number of anilines is 2. The van der Waals surface area contributed by atoms with E-state index in [1.807, 2.05) is 42.6 Å². The lowest BCUT2D eigenvalue weighted by Crippen LogP contribution is -2.41. The molecule has 1 saturated heterocycles. The second-order valence-corrected chi connectivity index (χ2v) is 6.33. The number of nitrogens with one attached hydrogen (secondary N) is 1. The van der Waals surface area contributed by atoms with Gasteiger partial charge in [-0.25, -0.2) is 9.67 Å². The maximum atomic E-state index is 12.6. The predicted octanol–water partition coefficient (Wildman–Crippen LogP) is 2.52. The van der Waals surface area contributed by atoms with E-state index in [2.05, 4.69) is 25.3 Å². The fourth-order valence-electron chi connectivity index (χ4n) is 3.18. The van der Waals surface area contributed by atoms with Crippen LogP contribution in [0.2, 0.25) is 0 Å². The zero-order chi connectivity index (χ0) is 17.8. The molecule has 0 spiro atoms. The number of benzene rings is 1. The van der Waals surface area contributed by atoms with Crippen molar-refractivity contribution in [2.45, 2.75) is 12.8 Å². The molecule has 1 fully saturated rings. The van der Waals surface area contributed by atoms with Crippen molar-refractivity contribution in [3.8, 4) is 5.82 Å². The molecular weight excluding hydrogens is 328 g/mol. The third-order valence-electron chi connectivity index (χ3n) is 4.51. The molecule has 1 unspecified atom stereocenters. The van der Waals surface area contributed by atoms with Crippen LogP contribution >= 0.6 is 0 Å². The van der Waals surface area contributed by atoms with Crippen LogP contribution in [0.1, 0.15) is 12.8 Å². The summed E-state index contributed by atoms with van der Waals surface area (Å²) in [5.74, 6) is 1.43. The van der Waals surface area contributed by atoms with E-state index < -0.39 is 0 Å². The van der Waals surface area contributed by atoms with E-state index in [0.717, 1.165) is 30.9 Å². The molecule has 3 heterocycles.